The quantitative estimate of drug-likeness (QED) is 0.759. The highest BCUT2D eigenvalue weighted by atomic mass is 19.4. The van der Waals surface area contributed by atoms with Crippen LogP contribution >= 0.6 is 0 Å². The lowest BCUT2D eigenvalue weighted by atomic mass is 10.0. The maximum Gasteiger partial charge on any atom is 0.573 e. The highest BCUT2D eigenvalue weighted by molar-refractivity contribution is 5.41. The van der Waals surface area contributed by atoms with E-state index in [1.165, 1.54) is 6.07 Å². The number of hydrogen-bond acceptors (Lipinski definition) is 1. The molecule has 0 aliphatic carbocycles. The lowest BCUT2D eigenvalue weighted by Gasteiger charge is -2.15. The van der Waals surface area contributed by atoms with E-state index in [0.29, 0.717) is 11.1 Å². The first-order valence-electron chi connectivity index (χ1n) is 4.76. The minimum Gasteiger partial charge on any atom is -0.405 e. The zero-order valence-corrected chi connectivity index (χ0v) is 9.06. The summed E-state index contributed by atoms with van der Waals surface area (Å²) in [6, 6.07) is 4.54. The van der Waals surface area contributed by atoms with Gasteiger partial charge in [0.1, 0.15) is 5.75 Å². The molecule has 0 heterocycles. The molecule has 0 aliphatic heterocycles. The van der Waals surface area contributed by atoms with Gasteiger partial charge in [0.05, 0.1) is 0 Å². The van der Waals surface area contributed by atoms with Crippen molar-refractivity contribution in [2.75, 3.05) is 0 Å². The summed E-state index contributed by atoms with van der Waals surface area (Å²) in [6.07, 6.45) is -2.16. The van der Waals surface area contributed by atoms with Crippen molar-refractivity contribution in [2.45, 2.75) is 26.1 Å². The SMILES string of the molecule is C=[C]c1ccc(C(C)C)c(OC(F)(F)F)c1. The van der Waals surface area contributed by atoms with E-state index in [2.05, 4.69) is 17.4 Å². The smallest absolute Gasteiger partial charge is 0.405 e. The third kappa shape index (κ3) is 3.29. The largest absolute Gasteiger partial charge is 0.573 e. The molecule has 1 rings (SSSR count). The third-order valence-electron chi connectivity index (χ3n) is 2.07. The first kappa shape index (κ1) is 12.6. The van der Waals surface area contributed by atoms with Gasteiger partial charge in [0.2, 0.25) is 0 Å². The van der Waals surface area contributed by atoms with Crippen LogP contribution in [0.1, 0.15) is 30.9 Å². The van der Waals surface area contributed by atoms with Crippen molar-refractivity contribution in [1.82, 2.24) is 0 Å². The molecule has 0 saturated carbocycles. The average molecular weight is 229 g/mol. The van der Waals surface area contributed by atoms with Gasteiger partial charge in [0, 0.05) is 0 Å². The first-order chi connectivity index (χ1) is 7.33. The van der Waals surface area contributed by atoms with E-state index in [0.717, 1.165) is 0 Å². The second-order valence-corrected chi connectivity index (χ2v) is 3.63. The van der Waals surface area contributed by atoms with Gasteiger partial charge in [0.25, 0.3) is 0 Å². The molecule has 1 radical (unpaired) electrons. The summed E-state index contributed by atoms with van der Waals surface area (Å²) in [5, 5.41) is 0. The first-order valence-corrected chi connectivity index (χ1v) is 4.76. The van der Waals surface area contributed by atoms with Crippen molar-refractivity contribution in [3.05, 3.63) is 42.0 Å². The van der Waals surface area contributed by atoms with Crippen molar-refractivity contribution in [3.63, 3.8) is 0 Å². The topological polar surface area (TPSA) is 9.23 Å². The summed E-state index contributed by atoms with van der Waals surface area (Å²) in [5.74, 6) is -0.229. The molecule has 0 spiro atoms. The van der Waals surface area contributed by atoms with Crippen LogP contribution in [0.4, 0.5) is 13.2 Å². The van der Waals surface area contributed by atoms with Gasteiger partial charge in [-0.3, -0.25) is 0 Å². The minimum absolute atomic E-state index is 0.0452. The molecule has 0 fully saturated rings. The summed E-state index contributed by atoms with van der Waals surface area (Å²) in [4.78, 5) is 0. The molecule has 0 N–H and O–H groups in total. The van der Waals surface area contributed by atoms with Crippen LogP contribution in [0.3, 0.4) is 0 Å². The van der Waals surface area contributed by atoms with Crippen LogP contribution in [0.25, 0.3) is 0 Å². The Labute approximate surface area is 92.5 Å². The van der Waals surface area contributed by atoms with E-state index in [-0.39, 0.29) is 11.7 Å². The van der Waals surface area contributed by atoms with Gasteiger partial charge in [-0.05, 0) is 29.2 Å². The lowest BCUT2D eigenvalue weighted by molar-refractivity contribution is -0.274. The van der Waals surface area contributed by atoms with Gasteiger partial charge in [0.15, 0.2) is 0 Å². The van der Waals surface area contributed by atoms with Gasteiger partial charge >= 0.3 is 6.36 Å². The molecule has 0 unspecified atom stereocenters. The molecule has 1 aromatic rings. The second kappa shape index (κ2) is 4.60. The van der Waals surface area contributed by atoms with Gasteiger partial charge in [-0.25, -0.2) is 0 Å². The van der Waals surface area contributed by atoms with Gasteiger partial charge < -0.3 is 4.74 Å². The Hall–Kier alpha value is -1.45. The fourth-order valence-corrected chi connectivity index (χ4v) is 1.33. The zero-order chi connectivity index (χ0) is 12.3. The molecule has 16 heavy (non-hydrogen) atoms. The Morgan fingerprint density at radius 1 is 1.31 bits per heavy atom. The summed E-state index contributed by atoms with van der Waals surface area (Å²) < 4.78 is 40.5. The molecule has 0 bridgehead atoms. The number of halogens is 3. The fourth-order valence-electron chi connectivity index (χ4n) is 1.33. The number of alkyl halides is 3. The molecule has 1 aromatic carbocycles. The van der Waals surface area contributed by atoms with Gasteiger partial charge in [-0.2, -0.15) is 0 Å². The van der Waals surface area contributed by atoms with E-state index in [1.807, 2.05) is 0 Å². The molecule has 4 heteroatoms. The number of rotatable bonds is 3. The van der Waals surface area contributed by atoms with E-state index in [9.17, 15) is 13.2 Å². The van der Waals surface area contributed by atoms with Crippen molar-refractivity contribution >= 4 is 0 Å². The van der Waals surface area contributed by atoms with E-state index >= 15 is 0 Å². The monoisotopic (exact) mass is 229 g/mol. The van der Waals surface area contributed by atoms with Crippen molar-refractivity contribution < 1.29 is 17.9 Å². The Kier molecular flexibility index (Phi) is 3.62. The minimum atomic E-state index is -4.68. The number of ether oxygens (including phenoxy) is 1. The van der Waals surface area contributed by atoms with Crippen LogP contribution in [0.15, 0.2) is 24.8 Å². The standard InChI is InChI=1S/C12H12F3O/c1-4-9-5-6-10(8(2)3)11(7-9)16-12(13,14)15/h5-8H,1H2,2-3H3. The zero-order valence-electron chi connectivity index (χ0n) is 9.06. The Bertz CT molecular complexity index is 380. The molecule has 1 nitrogen and oxygen atoms in total. The summed E-state index contributed by atoms with van der Waals surface area (Å²) in [6.45, 7) is 6.98. The molecule has 87 valence electrons. The van der Waals surface area contributed by atoms with E-state index in [1.54, 1.807) is 26.0 Å². The van der Waals surface area contributed by atoms with Crippen LogP contribution in [0, 0.1) is 6.08 Å². The second-order valence-electron chi connectivity index (χ2n) is 3.63. The van der Waals surface area contributed by atoms with Crippen molar-refractivity contribution in [1.29, 1.82) is 0 Å². The molecular weight excluding hydrogens is 217 g/mol. The Morgan fingerprint density at radius 3 is 2.38 bits per heavy atom. The lowest BCUT2D eigenvalue weighted by Crippen LogP contribution is -2.18. The predicted molar refractivity (Wildman–Crippen MR) is 55.2 cm³/mol. The maximum atomic E-state index is 12.2. The molecule has 0 atom stereocenters. The fraction of sp³-hybridized carbons (Fsp3) is 0.333. The highest BCUT2D eigenvalue weighted by Gasteiger charge is 2.32. The molecular formula is C12H12F3O. The Morgan fingerprint density at radius 2 is 1.94 bits per heavy atom. The summed E-state index contributed by atoms with van der Waals surface area (Å²) >= 11 is 0. The molecule has 0 aromatic heterocycles. The third-order valence-corrected chi connectivity index (χ3v) is 2.07. The van der Waals surface area contributed by atoms with Crippen LogP contribution in [0.5, 0.6) is 5.75 Å². The molecule has 0 amide bonds. The normalized spacial score (nSPS) is 11.6. The Balaban J connectivity index is 3.15. The predicted octanol–water partition coefficient (Wildman–Crippen LogP) is 4.05. The van der Waals surface area contributed by atoms with Crippen molar-refractivity contribution in [2.24, 2.45) is 0 Å². The molecule has 0 saturated heterocycles. The van der Waals surface area contributed by atoms with Crippen LogP contribution in [-0.2, 0) is 0 Å². The number of hydrogen-bond donors (Lipinski definition) is 0. The summed E-state index contributed by atoms with van der Waals surface area (Å²) in [7, 11) is 0. The van der Waals surface area contributed by atoms with Crippen LogP contribution in [-0.4, -0.2) is 6.36 Å². The van der Waals surface area contributed by atoms with Crippen molar-refractivity contribution in [3.8, 4) is 5.75 Å². The van der Waals surface area contributed by atoms with Gasteiger partial charge in [-0.15, -0.1) is 13.2 Å². The summed E-state index contributed by atoms with van der Waals surface area (Å²) in [5.41, 5.74) is 0.986. The van der Waals surface area contributed by atoms with Crippen LogP contribution < -0.4 is 4.74 Å². The number of benzene rings is 1. The van der Waals surface area contributed by atoms with Crippen LogP contribution in [0.2, 0.25) is 0 Å². The van der Waals surface area contributed by atoms with E-state index < -0.39 is 6.36 Å². The highest BCUT2D eigenvalue weighted by Crippen LogP contribution is 2.31. The van der Waals surface area contributed by atoms with Gasteiger partial charge in [-0.1, -0.05) is 32.6 Å². The molecule has 0 aliphatic rings. The van der Waals surface area contributed by atoms with E-state index in [4.69, 9.17) is 0 Å². The maximum absolute atomic E-state index is 12.2. The average Bonchev–Trinajstić information content (AvgIpc) is 2.14.